The zero-order chi connectivity index (χ0) is 64.6. The van der Waals surface area contributed by atoms with Crippen LogP contribution in [0.15, 0.2) is 103 Å². The lowest BCUT2D eigenvalue weighted by molar-refractivity contribution is -0.129. The van der Waals surface area contributed by atoms with E-state index in [4.69, 9.17) is 53.1 Å². The third-order valence-electron chi connectivity index (χ3n) is 7.79. The number of benzene rings is 3. The van der Waals surface area contributed by atoms with Gasteiger partial charge in [-0.2, -0.15) is 0 Å². The quantitative estimate of drug-likeness (QED) is 0.102. The number of carbonyl (C=O) groups is 11. The molecule has 1 aliphatic heterocycles. The molecule has 1 fully saturated rings. The summed E-state index contributed by atoms with van der Waals surface area (Å²) >= 11 is 0. The summed E-state index contributed by atoms with van der Waals surface area (Å²) in [5, 5.41) is 8.06. The molecule has 23 heteroatoms. The summed E-state index contributed by atoms with van der Waals surface area (Å²) in [6.45, 7) is 54.6. The van der Waals surface area contributed by atoms with Crippen LogP contribution in [0.1, 0.15) is 152 Å². The van der Waals surface area contributed by atoms with Crippen molar-refractivity contribution in [2.24, 2.45) is 23.3 Å². The van der Waals surface area contributed by atoms with E-state index in [2.05, 4.69) is 160 Å². The molecule has 1 saturated heterocycles. The average molecular weight is 1220 g/mol. The number of rotatable bonds is 6. The maximum absolute atomic E-state index is 10.7. The van der Waals surface area contributed by atoms with Crippen LogP contribution in [0.25, 0.3) is 0 Å². The van der Waals surface area contributed by atoms with Crippen molar-refractivity contribution < 1.29 is 57.8 Å². The largest absolute Gasteiger partial charge is 0.394 e. The molecular formula is C61H139N11O12. The summed E-state index contributed by atoms with van der Waals surface area (Å²) in [6.07, 6.45) is 10.7. The van der Waals surface area contributed by atoms with Gasteiger partial charge in [-0.15, -0.1) is 6.58 Å². The van der Waals surface area contributed by atoms with Gasteiger partial charge in [-0.3, -0.25) is 4.79 Å². The van der Waals surface area contributed by atoms with E-state index < -0.39 is 0 Å². The Kier molecular flexibility index (Phi) is 381. The molecule has 1 heterocycles. The standard InChI is InChI=1S/3C8H10.C7H13NO.2C5H12.C5H10.C3H8O.2CH5N.10CH2O.8H3N/c3*1-2-8-6-4-3-5-7-8;1-7(9)8-5-3-2-4-6-8;3*1-4-5(2)3;1-3(2)4;12*1-2;;;;;;;;/h3*3-7H,2H2,1H3;2-6H2,1H3;2*5H,4H2,1-3H3;2,4H2,1,3H3;3-4H,1-2H3;2*2H2,1H3;10*1H2;8*1H3. The Labute approximate surface area is 515 Å². The summed E-state index contributed by atoms with van der Waals surface area (Å²) in [6, 6.07) is 31.4. The minimum absolute atomic E-state index is 0. The molecule has 0 aromatic heterocycles. The second kappa shape index (κ2) is 202. The molecule has 0 unspecified atom stereocenters. The Morgan fingerprint density at radius 3 is 0.619 bits per heavy atom. The summed E-state index contributed by atoms with van der Waals surface area (Å²) < 4.78 is 0. The number of allylic oxidation sites excluding steroid dienone is 1. The van der Waals surface area contributed by atoms with Crippen molar-refractivity contribution in [3.63, 3.8) is 0 Å². The van der Waals surface area contributed by atoms with Gasteiger partial charge in [0.1, 0.15) is 67.9 Å². The first-order valence-corrected chi connectivity index (χ1v) is 24.4. The van der Waals surface area contributed by atoms with E-state index >= 15 is 0 Å². The highest BCUT2D eigenvalue weighted by molar-refractivity contribution is 5.73. The lowest BCUT2D eigenvalue weighted by Gasteiger charge is -2.24. The van der Waals surface area contributed by atoms with Crippen LogP contribution in [0.2, 0.25) is 0 Å². The van der Waals surface area contributed by atoms with Gasteiger partial charge in [-0.25, -0.2) is 0 Å². The van der Waals surface area contributed by atoms with E-state index in [-0.39, 0.29) is 61.2 Å². The highest BCUT2D eigenvalue weighted by Crippen LogP contribution is 2.07. The molecule has 0 atom stereocenters. The molecule has 0 saturated carbocycles. The smallest absolute Gasteiger partial charge is 0.219 e. The van der Waals surface area contributed by atoms with Gasteiger partial charge in [0.05, 0.1) is 0 Å². The molecule has 4 rings (SSSR count). The topological polar surface area (TPSA) is 543 Å². The van der Waals surface area contributed by atoms with Crippen molar-refractivity contribution in [2.75, 3.05) is 27.2 Å². The molecule has 23 nitrogen and oxygen atoms in total. The summed E-state index contributed by atoms with van der Waals surface area (Å²) in [4.78, 5) is 92.6. The second-order valence-electron chi connectivity index (χ2n) is 14.1. The van der Waals surface area contributed by atoms with Gasteiger partial charge in [-0.05, 0) is 108 Å². The third-order valence-corrected chi connectivity index (χ3v) is 7.79. The number of amides is 1. The third kappa shape index (κ3) is 244. The van der Waals surface area contributed by atoms with Gasteiger partial charge in [0.15, 0.2) is 0 Å². The number of hydrogen-bond acceptors (Lipinski definition) is 22. The fourth-order valence-corrected chi connectivity index (χ4v) is 3.35. The molecule has 84 heavy (non-hydrogen) atoms. The minimum atomic E-state index is -0.167. The molecule has 0 spiro atoms. The van der Waals surface area contributed by atoms with Crippen LogP contribution in [0.4, 0.5) is 0 Å². The molecule has 3 aromatic carbocycles. The molecule has 3 aromatic rings. The van der Waals surface area contributed by atoms with Gasteiger partial charge >= 0.3 is 0 Å². The zero-order valence-electron chi connectivity index (χ0n) is 56.6. The normalized spacial score (nSPS) is 7.38. The first kappa shape index (κ1) is 158. The highest BCUT2D eigenvalue weighted by atomic mass is 16.3. The lowest BCUT2D eigenvalue weighted by atomic mass is 10.1. The molecule has 0 aliphatic carbocycles. The van der Waals surface area contributed by atoms with Crippen molar-refractivity contribution in [1.29, 1.82) is 0 Å². The van der Waals surface area contributed by atoms with E-state index in [1.54, 1.807) is 20.8 Å². The number of aliphatic hydroxyl groups is 1. The number of aryl methyl sites for hydroxylation is 3. The average Bonchev–Trinajstić information content (AvgIpc) is 3.52. The first-order valence-electron chi connectivity index (χ1n) is 24.4. The zero-order valence-corrected chi connectivity index (χ0v) is 56.6. The van der Waals surface area contributed by atoms with Crippen molar-refractivity contribution in [1.82, 2.24) is 54.1 Å². The Balaban J connectivity index is -0.0000000210. The molecule has 0 bridgehead atoms. The van der Waals surface area contributed by atoms with Gasteiger partial charge < -0.3 is 119 Å². The molecular weight excluding hydrogens is 1080 g/mol. The monoisotopic (exact) mass is 1220 g/mol. The van der Waals surface area contributed by atoms with E-state index in [0.29, 0.717) is 0 Å². The van der Waals surface area contributed by atoms with Crippen LogP contribution >= 0.6 is 0 Å². The molecule has 29 N–H and O–H groups in total. The summed E-state index contributed by atoms with van der Waals surface area (Å²) in [5.41, 5.74) is 14.5. The van der Waals surface area contributed by atoms with Crippen LogP contribution in [-0.2, 0) is 72.0 Å². The Bertz CT molecular complexity index is 1200. The first-order chi connectivity index (χ1) is 36.6. The Morgan fingerprint density at radius 2 is 0.548 bits per heavy atom. The van der Waals surface area contributed by atoms with Crippen molar-refractivity contribution in [3.8, 4) is 0 Å². The van der Waals surface area contributed by atoms with Crippen molar-refractivity contribution in [2.45, 2.75) is 161 Å². The van der Waals surface area contributed by atoms with Crippen molar-refractivity contribution >= 4 is 73.8 Å². The van der Waals surface area contributed by atoms with E-state index in [9.17, 15) is 4.79 Å². The summed E-state index contributed by atoms with van der Waals surface area (Å²) in [5.74, 6) is 2.00. The van der Waals surface area contributed by atoms with Gasteiger partial charge in [0.25, 0.3) is 0 Å². The molecule has 1 aliphatic rings. The Morgan fingerprint density at radius 1 is 0.405 bits per heavy atom. The van der Waals surface area contributed by atoms with E-state index in [1.165, 1.54) is 68.5 Å². The number of piperidine rings is 1. The maximum Gasteiger partial charge on any atom is 0.219 e. The van der Waals surface area contributed by atoms with Crippen molar-refractivity contribution in [3.05, 3.63) is 120 Å². The number of likely N-dealkylation sites (tertiary alicyclic amines) is 1. The molecule has 0 radical (unpaired) electrons. The fraction of sp³-hybridized carbons (Fsp3) is 0.492. The molecule has 1 amide bonds. The van der Waals surface area contributed by atoms with E-state index in [0.717, 1.165) is 50.6 Å². The number of hydrogen-bond donors (Lipinski definition) is 11. The van der Waals surface area contributed by atoms with Gasteiger partial charge in [0, 0.05) is 26.1 Å². The van der Waals surface area contributed by atoms with Gasteiger partial charge in [-0.1, -0.05) is 179 Å². The SMILES string of the molecule is C=C(C)CC.C=O.C=O.C=O.C=O.C=O.C=O.C=O.C=O.C=O.C=O.CC(=O)N1CCCCC1.CC(C)O.CCC(C)C.CCC(C)C.CCc1ccccc1.CCc1ccccc1.CCc1ccccc1.CN.CN.N.N.N.N.N.N.N.N. The number of aliphatic hydroxyl groups excluding tert-OH is 1. The van der Waals surface area contributed by atoms with Crippen LogP contribution in [0, 0.1) is 11.8 Å². The molecule has 510 valence electrons. The fourth-order valence-electron chi connectivity index (χ4n) is 3.35. The van der Waals surface area contributed by atoms with E-state index in [1.807, 2.05) is 97.9 Å². The minimum Gasteiger partial charge on any atom is -0.394 e. The number of nitrogens with zero attached hydrogens (tertiary/aromatic N) is 1. The lowest BCUT2D eigenvalue weighted by Crippen LogP contribution is -2.33. The van der Waals surface area contributed by atoms with Crippen LogP contribution < -0.4 is 60.7 Å². The Hall–Kier alpha value is -6.87. The van der Waals surface area contributed by atoms with Crippen LogP contribution in [-0.4, -0.2) is 117 Å². The van der Waals surface area contributed by atoms with Crippen LogP contribution in [0.5, 0.6) is 0 Å². The van der Waals surface area contributed by atoms with Crippen LogP contribution in [0.3, 0.4) is 0 Å². The number of nitrogens with two attached hydrogens (primary N) is 2. The summed E-state index contributed by atoms with van der Waals surface area (Å²) in [7, 11) is 3.00. The number of carbonyl (C=O) groups excluding carboxylic acids is 11. The van der Waals surface area contributed by atoms with Gasteiger partial charge in [0.2, 0.25) is 5.91 Å². The predicted molar refractivity (Wildman–Crippen MR) is 368 cm³/mol. The highest BCUT2D eigenvalue weighted by Gasteiger charge is 2.11. The second-order valence-corrected chi connectivity index (χ2v) is 14.1. The predicted octanol–water partition coefficient (Wildman–Crippen LogP) is 12.8. The maximum atomic E-state index is 10.7.